The van der Waals surface area contributed by atoms with E-state index in [1.807, 2.05) is 18.2 Å². The van der Waals surface area contributed by atoms with Gasteiger partial charge in [-0.3, -0.25) is 9.78 Å². The van der Waals surface area contributed by atoms with Crippen LogP contribution in [-0.4, -0.2) is 17.9 Å². The Morgan fingerprint density at radius 1 is 1.28 bits per heavy atom. The zero-order chi connectivity index (χ0) is 12.8. The molecule has 0 saturated heterocycles. The Kier molecular flexibility index (Phi) is 4.31. The van der Waals surface area contributed by atoms with Crippen molar-refractivity contribution in [3.05, 3.63) is 58.9 Å². The smallest absolute Gasteiger partial charge is 0.153 e. The lowest BCUT2D eigenvalue weighted by Crippen LogP contribution is -2.04. The van der Waals surface area contributed by atoms with Crippen LogP contribution in [0.15, 0.2) is 42.6 Å². The number of carbonyl (C=O) groups excluding carboxylic acids is 1. The number of rotatable bonds is 5. The largest absolute Gasteiger partial charge is 0.492 e. The second kappa shape index (κ2) is 6.17. The van der Waals surface area contributed by atoms with Gasteiger partial charge in [-0.25, -0.2) is 0 Å². The van der Waals surface area contributed by atoms with Crippen LogP contribution in [0.4, 0.5) is 0 Å². The van der Waals surface area contributed by atoms with Crippen LogP contribution in [0.2, 0.25) is 5.02 Å². The van der Waals surface area contributed by atoms with E-state index >= 15 is 0 Å². The summed E-state index contributed by atoms with van der Waals surface area (Å²) in [6, 6.07) is 10.7. The highest BCUT2D eigenvalue weighted by Crippen LogP contribution is 2.22. The summed E-state index contributed by atoms with van der Waals surface area (Å²) in [5, 5.41) is 0.549. The monoisotopic (exact) mass is 261 g/mol. The lowest BCUT2D eigenvalue weighted by atomic mass is 10.2. The topological polar surface area (TPSA) is 39.2 Å². The summed E-state index contributed by atoms with van der Waals surface area (Å²) in [6.07, 6.45) is 3.18. The molecule has 2 aromatic rings. The van der Waals surface area contributed by atoms with Crippen molar-refractivity contribution in [3.63, 3.8) is 0 Å². The van der Waals surface area contributed by atoms with E-state index in [1.54, 1.807) is 24.4 Å². The van der Waals surface area contributed by atoms with Crippen LogP contribution in [0.25, 0.3) is 0 Å². The van der Waals surface area contributed by atoms with Crippen LogP contribution < -0.4 is 4.74 Å². The number of nitrogens with zero attached hydrogens (tertiary/aromatic N) is 1. The molecule has 18 heavy (non-hydrogen) atoms. The number of aromatic nitrogens is 1. The molecule has 0 aliphatic heterocycles. The zero-order valence-electron chi connectivity index (χ0n) is 9.67. The lowest BCUT2D eigenvalue weighted by molar-refractivity contribution is 0.111. The fourth-order valence-electron chi connectivity index (χ4n) is 1.54. The fraction of sp³-hybridized carbons (Fsp3) is 0.143. The fourth-order valence-corrected chi connectivity index (χ4v) is 1.70. The first kappa shape index (κ1) is 12.6. The van der Waals surface area contributed by atoms with Crippen LogP contribution in [-0.2, 0) is 6.42 Å². The van der Waals surface area contributed by atoms with Gasteiger partial charge in [-0.15, -0.1) is 0 Å². The molecule has 1 aromatic heterocycles. The Labute approximate surface area is 110 Å². The van der Waals surface area contributed by atoms with Crippen molar-refractivity contribution >= 4 is 17.9 Å². The number of aldehydes is 1. The van der Waals surface area contributed by atoms with Crippen molar-refractivity contribution in [2.24, 2.45) is 0 Å². The molecule has 0 spiro atoms. The third-order valence-corrected chi connectivity index (χ3v) is 2.68. The molecule has 3 nitrogen and oxygen atoms in total. The van der Waals surface area contributed by atoms with E-state index in [1.165, 1.54) is 0 Å². The lowest BCUT2D eigenvalue weighted by Gasteiger charge is -2.08. The Balaban J connectivity index is 1.98. The number of benzene rings is 1. The standard InChI is InChI=1S/C14H12ClNO2/c15-12-5-4-11(10-17)14(9-12)18-8-6-13-3-1-2-7-16-13/h1-5,7,9-10H,6,8H2. The van der Waals surface area contributed by atoms with Gasteiger partial charge in [0.1, 0.15) is 5.75 Å². The van der Waals surface area contributed by atoms with Crippen molar-refractivity contribution in [1.29, 1.82) is 0 Å². The number of halogens is 1. The molecule has 4 heteroatoms. The number of carbonyl (C=O) groups is 1. The summed E-state index contributed by atoms with van der Waals surface area (Å²) in [7, 11) is 0. The van der Waals surface area contributed by atoms with E-state index in [2.05, 4.69) is 4.98 Å². The minimum absolute atomic E-state index is 0.457. The van der Waals surface area contributed by atoms with Gasteiger partial charge < -0.3 is 4.74 Å². The molecule has 0 atom stereocenters. The first-order valence-corrected chi connectivity index (χ1v) is 5.95. The number of pyridine rings is 1. The van der Waals surface area contributed by atoms with Gasteiger partial charge in [0.25, 0.3) is 0 Å². The van der Waals surface area contributed by atoms with Gasteiger partial charge in [0.15, 0.2) is 6.29 Å². The summed E-state index contributed by atoms with van der Waals surface area (Å²) in [6.45, 7) is 0.457. The van der Waals surface area contributed by atoms with E-state index in [0.717, 1.165) is 12.0 Å². The quantitative estimate of drug-likeness (QED) is 0.776. The maximum Gasteiger partial charge on any atom is 0.153 e. The molecular formula is C14H12ClNO2. The summed E-state index contributed by atoms with van der Waals surface area (Å²) in [5.41, 5.74) is 1.45. The zero-order valence-corrected chi connectivity index (χ0v) is 10.4. The van der Waals surface area contributed by atoms with E-state index < -0.39 is 0 Å². The van der Waals surface area contributed by atoms with E-state index in [4.69, 9.17) is 16.3 Å². The Bertz CT molecular complexity index is 529. The van der Waals surface area contributed by atoms with E-state index in [0.29, 0.717) is 29.4 Å². The molecule has 0 saturated carbocycles. The van der Waals surface area contributed by atoms with E-state index in [9.17, 15) is 4.79 Å². The Morgan fingerprint density at radius 3 is 2.89 bits per heavy atom. The molecule has 0 amide bonds. The van der Waals surface area contributed by atoms with Crippen LogP contribution in [0.5, 0.6) is 5.75 Å². The normalized spacial score (nSPS) is 10.1. The van der Waals surface area contributed by atoms with Crippen molar-refractivity contribution in [1.82, 2.24) is 4.98 Å². The molecule has 0 radical (unpaired) electrons. The van der Waals surface area contributed by atoms with Crippen molar-refractivity contribution in [3.8, 4) is 5.75 Å². The first-order valence-electron chi connectivity index (χ1n) is 5.57. The second-order valence-corrected chi connectivity index (χ2v) is 4.16. The highest BCUT2D eigenvalue weighted by Gasteiger charge is 2.04. The molecule has 0 bridgehead atoms. The predicted molar refractivity (Wildman–Crippen MR) is 70.3 cm³/mol. The maximum absolute atomic E-state index is 10.8. The van der Waals surface area contributed by atoms with Gasteiger partial charge in [0.05, 0.1) is 12.2 Å². The number of hydrogen-bond acceptors (Lipinski definition) is 3. The second-order valence-electron chi connectivity index (χ2n) is 3.72. The molecule has 0 unspecified atom stereocenters. The van der Waals surface area contributed by atoms with Gasteiger partial charge in [0, 0.05) is 23.3 Å². The maximum atomic E-state index is 10.8. The summed E-state index contributed by atoms with van der Waals surface area (Å²) in [5.74, 6) is 0.508. The third kappa shape index (κ3) is 3.31. The van der Waals surface area contributed by atoms with Crippen LogP contribution in [0, 0.1) is 0 Å². The van der Waals surface area contributed by atoms with Gasteiger partial charge in [-0.1, -0.05) is 17.7 Å². The molecular weight excluding hydrogens is 250 g/mol. The molecule has 1 heterocycles. The van der Waals surface area contributed by atoms with Gasteiger partial charge >= 0.3 is 0 Å². The Morgan fingerprint density at radius 2 is 2.17 bits per heavy atom. The molecule has 0 aliphatic rings. The average molecular weight is 262 g/mol. The minimum Gasteiger partial charge on any atom is -0.492 e. The van der Waals surface area contributed by atoms with E-state index in [-0.39, 0.29) is 0 Å². The third-order valence-electron chi connectivity index (χ3n) is 2.44. The highest BCUT2D eigenvalue weighted by molar-refractivity contribution is 6.30. The number of ether oxygens (including phenoxy) is 1. The summed E-state index contributed by atoms with van der Waals surface area (Å²) < 4.78 is 5.56. The molecule has 0 aliphatic carbocycles. The van der Waals surface area contributed by atoms with Gasteiger partial charge in [-0.2, -0.15) is 0 Å². The predicted octanol–water partition coefficient (Wildman–Crippen LogP) is 3.17. The van der Waals surface area contributed by atoms with Crippen molar-refractivity contribution in [2.45, 2.75) is 6.42 Å². The average Bonchev–Trinajstić information content (AvgIpc) is 2.40. The molecule has 0 N–H and O–H groups in total. The number of hydrogen-bond donors (Lipinski definition) is 0. The highest BCUT2D eigenvalue weighted by atomic mass is 35.5. The van der Waals surface area contributed by atoms with Gasteiger partial charge in [-0.05, 0) is 30.3 Å². The SMILES string of the molecule is O=Cc1ccc(Cl)cc1OCCc1ccccn1. The molecule has 92 valence electrons. The van der Waals surface area contributed by atoms with Crippen molar-refractivity contribution in [2.75, 3.05) is 6.61 Å². The summed E-state index contributed by atoms with van der Waals surface area (Å²) in [4.78, 5) is 15.0. The molecule has 1 aromatic carbocycles. The molecule has 2 rings (SSSR count). The minimum atomic E-state index is 0.457. The first-order chi connectivity index (χ1) is 8.79. The molecule has 0 fully saturated rings. The Hall–Kier alpha value is -1.87. The van der Waals surface area contributed by atoms with Crippen LogP contribution in [0.1, 0.15) is 16.1 Å². The van der Waals surface area contributed by atoms with Gasteiger partial charge in [0.2, 0.25) is 0 Å². The van der Waals surface area contributed by atoms with Crippen LogP contribution >= 0.6 is 11.6 Å². The van der Waals surface area contributed by atoms with Crippen LogP contribution in [0.3, 0.4) is 0 Å². The summed E-state index contributed by atoms with van der Waals surface area (Å²) >= 11 is 5.86. The van der Waals surface area contributed by atoms with Crippen molar-refractivity contribution < 1.29 is 9.53 Å².